The van der Waals surface area contributed by atoms with Crippen molar-refractivity contribution in [3.05, 3.63) is 0 Å². The summed E-state index contributed by atoms with van der Waals surface area (Å²) < 4.78 is 98.0. The Morgan fingerprint density at radius 2 is 0.388 bits per heavy atom. The van der Waals surface area contributed by atoms with E-state index >= 15 is 0 Å². The highest BCUT2D eigenvalue weighted by Gasteiger charge is 2.01. The molecular formula is C48H96O19. The minimum Gasteiger partial charge on any atom is -0.469 e. The maximum atomic E-state index is 11.0. The third kappa shape index (κ3) is 62.8. The van der Waals surface area contributed by atoms with Crippen LogP contribution in [0.3, 0.4) is 0 Å². The van der Waals surface area contributed by atoms with Gasteiger partial charge in [0.15, 0.2) is 0 Å². The lowest BCUT2D eigenvalue weighted by Crippen LogP contribution is -2.16. The Morgan fingerprint density at radius 3 is 0.582 bits per heavy atom. The average molecular weight is 977 g/mol. The number of esters is 1. The van der Waals surface area contributed by atoms with E-state index in [1.807, 2.05) is 0 Å². The van der Waals surface area contributed by atoms with Crippen LogP contribution in [-0.2, 0) is 90.1 Å². The van der Waals surface area contributed by atoms with Crippen molar-refractivity contribution in [2.45, 2.75) is 77.6 Å². The molecule has 0 spiro atoms. The van der Waals surface area contributed by atoms with Crippen LogP contribution < -0.4 is 0 Å². The van der Waals surface area contributed by atoms with Crippen LogP contribution in [-0.4, -0.2) is 238 Å². The molecule has 0 unspecified atom stereocenters. The van der Waals surface area contributed by atoms with Crippen LogP contribution in [0.25, 0.3) is 0 Å². The molecular weight excluding hydrogens is 881 g/mol. The summed E-state index contributed by atoms with van der Waals surface area (Å²) in [6.45, 7) is 19.6. The minimum atomic E-state index is -0.288. The number of hydrogen-bond donors (Lipinski definition) is 0. The molecule has 0 fully saturated rings. The fourth-order valence-electron chi connectivity index (χ4n) is 5.57. The predicted octanol–water partition coefficient (Wildman–Crippen LogP) is 4.75. The molecule has 0 N–H and O–H groups in total. The van der Waals surface area contributed by atoms with Crippen molar-refractivity contribution in [2.75, 3.05) is 232 Å². The molecule has 0 aliphatic rings. The maximum absolute atomic E-state index is 11.0. The number of carbonyl (C=O) groups excluding carboxylic acids is 1. The van der Waals surface area contributed by atoms with Gasteiger partial charge in [-0.2, -0.15) is 0 Å². The van der Waals surface area contributed by atoms with Crippen LogP contribution in [0.4, 0.5) is 0 Å². The Labute approximate surface area is 404 Å². The number of unbranched alkanes of at least 4 members (excludes halogenated alkanes) is 9. The van der Waals surface area contributed by atoms with E-state index < -0.39 is 0 Å². The fourth-order valence-corrected chi connectivity index (χ4v) is 5.57. The van der Waals surface area contributed by atoms with Crippen molar-refractivity contribution in [1.82, 2.24) is 0 Å². The number of carbonyl (C=O) groups is 1. The number of ether oxygens (including phenoxy) is 18. The summed E-state index contributed by atoms with van der Waals surface area (Å²) in [5, 5.41) is 0. The zero-order valence-corrected chi connectivity index (χ0v) is 42.1. The molecule has 0 radical (unpaired) electrons. The second kappa shape index (κ2) is 62.8. The normalized spacial score (nSPS) is 11.6. The highest BCUT2D eigenvalue weighted by atomic mass is 16.6. The maximum Gasteiger partial charge on any atom is 0.307 e. The first-order valence-electron chi connectivity index (χ1n) is 25.2. The van der Waals surface area contributed by atoms with Gasteiger partial charge in [-0.25, -0.2) is 0 Å². The van der Waals surface area contributed by atoms with Gasteiger partial charge in [0.2, 0.25) is 0 Å². The van der Waals surface area contributed by atoms with Gasteiger partial charge in [0, 0.05) is 6.61 Å². The van der Waals surface area contributed by atoms with Crippen molar-refractivity contribution >= 4 is 5.97 Å². The van der Waals surface area contributed by atoms with Crippen LogP contribution >= 0.6 is 0 Å². The molecule has 0 bridgehead atoms. The van der Waals surface area contributed by atoms with Crippen LogP contribution in [0.5, 0.6) is 0 Å². The lowest BCUT2D eigenvalue weighted by molar-refractivity contribution is -0.141. The van der Waals surface area contributed by atoms with Crippen molar-refractivity contribution < 1.29 is 90.1 Å². The summed E-state index contributed by atoms with van der Waals surface area (Å²) >= 11 is 0. The van der Waals surface area contributed by atoms with E-state index in [2.05, 4.69) is 11.7 Å². The molecule has 0 aromatic heterocycles. The van der Waals surface area contributed by atoms with Gasteiger partial charge in [0.1, 0.15) is 0 Å². The Balaban J connectivity index is 3.07. The first kappa shape index (κ1) is 65.8. The van der Waals surface area contributed by atoms with Crippen LogP contribution in [0, 0.1) is 0 Å². The van der Waals surface area contributed by atoms with Crippen molar-refractivity contribution in [2.24, 2.45) is 0 Å². The van der Waals surface area contributed by atoms with E-state index in [1.165, 1.54) is 64.9 Å². The van der Waals surface area contributed by atoms with E-state index in [1.54, 1.807) is 0 Å². The van der Waals surface area contributed by atoms with Gasteiger partial charge in [-0.05, 0) is 6.42 Å². The van der Waals surface area contributed by atoms with Crippen LogP contribution in [0.15, 0.2) is 0 Å². The van der Waals surface area contributed by atoms with Crippen molar-refractivity contribution in [3.8, 4) is 0 Å². The van der Waals surface area contributed by atoms with Gasteiger partial charge >= 0.3 is 5.97 Å². The molecule has 0 saturated carbocycles. The highest BCUT2D eigenvalue weighted by molar-refractivity contribution is 5.69. The molecule has 0 aliphatic carbocycles. The van der Waals surface area contributed by atoms with Crippen molar-refractivity contribution in [3.63, 3.8) is 0 Å². The second-order valence-corrected chi connectivity index (χ2v) is 14.9. The predicted molar refractivity (Wildman–Crippen MR) is 252 cm³/mol. The van der Waals surface area contributed by atoms with Gasteiger partial charge in [0.25, 0.3) is 0 Å². The van der Waals surface area contributed by atoms with Crippen LogP contribution in [0.1, 0.15) is 77.6 Å². The molecule has 67 heavy (non-hydrogen) atoms. The summed E-state index contributed by atoms with van der Waals surface area (Å²) in [6, 6.07) is 0. The van der Waals surface area contributed by atoms with Crippen molar-refractivity contribution in [1.29, 1.82) is 0 Å². The summed E-state index contributed by atoms with van der Waals surface area (Å²) in [5.41, 5.74) is 0. The molecule has 0 rings (SSSR count). The summed E-state index contributed by atoms with van der Waals surface area (Å²) in [4.78, 5) is 11.0. The molecule has 402 valence electrons. The largest absolute Gasteiger partial charge is 0.469 e. The lowest BCUT2D eigenvalue weighted by Gasteiger charge is -2.09. The quantitative estimate of drug-likeness (QED) is 0.0601. The molecule has 0 aliphatic heterocycles. The SMILES string of the molecule is CCCCCCCCCCCCOCCOCCOCCOCCOCCOCCOCCOCCOCCOCCOCCOCCOCCOCCOCCOCCOCCC(=O)OC. The third-order valence-electron chi connectivity index (χ3n) is 9.27. The highest BCUT2D eigenvalue weighted by Crippen LogP contribution is 2.10. The number of hydrogen-bond acceptors (Lipinski definition) is 19. The fraction of sp³-hybridized carbons (Fsp3) is 0.979. The molecule has 0 amide bonds. The van der Waals surface area contributed by atoms with E-state index in [9.17, 15) is 4.79 Å². The zero-order chi connectivity index (χ0) is 48.1. The number of rotatable bonds is 62. The molecule has 0 aromatic carbocycles. The van der Waals surface area contributed by atoms with E-state index in [0.717, 1.165) is 13.0 Å². The molecule has 0 heterocycles. The summed E-state index contributed by atoms with van der Waals surface area (Å²) in [6.07, 6.45) is 13.6. The lowest BCUT2D eigenvalue weighted by atomic mass is 10.1. The van der Waals surface area contributed by atoms with E-state index in [4.69, 9.17) is 80.5 Å². The second-order valence-electron chi connectivity index (χ2n) is 14.9. The van der Waals surface area contributed by atoms with Gasteiger partial charge < -0.3 is 85.3 Å². The molecule has 0 aromatic rings. The summed E-state index contributed by atoms with van der Waals surface area (Å²) in [7, 11) is 1.35. The number of methoxy groups -OCH3 is 1. The van der Waals surface area contributed by atoms with Gasteiger partial charge in [0.05, 0.1) is 232 Å². The van der Waals surface area contributed by atoms with Gasteiger partial charge in [-0.1, -0.05) is 64.7 Å². The standard InChI is InChI=1S/C48H96O19/c1-3-4-5-6-7-8-9-10-11-12-14-51-16-18-53-20-22-55-24-26-57-28-30-59-32-34-61-36-38-63-40-42-65-44-46-67-47-45-66-43-41-64-39-37-62-35-33-60-31-29-58-27-25-56-23-21-54-19-17-52-15-13-48(49)50-2/h3-47H2,1-2H3. The van der Waals surface area contributed by atoms with E-state index in [0.29, 0.717) is 218 Å². The van der Waals surface area contributed by atoms with Crippen LogP contribution in [0.2, 0.25) is 0 Å². The Hall–Kier alpha value is -1.21. The molecule has 0 saturated heterocycles. The van der Waals surface area contributed by atoms with E-state index in [-0.39, 0.29) is 12.4 Å². The monoisotopic (exact) mass is 977 g/mol. The average Bonchev–Trinajstić information content (AvgIpc) is 3.34. The Kier molecular flexibility index (Phi) is 61.7. The third-order valence-corrected chi connectivity index (χ3v) is 9.27. The Morgan fingerprint density at radius 1 is 0.224 bits per heavy atom. The summed E-state index contributed by atoms with van der Waals surface area (Å²) in [5.74, 6) is -0.288. The molecule has 19 heteroatoms. The Bertz CT molecular complexity index is 897. The zero-order valence-electron chi connectivity index (χ0n) is 42.1. The topological polar surface area (TPSA) is 183 Å². The first-order valence-corrected chi connectivity index (χ1v) is 25.2. The van der Waals surface area contributed by atoms with Gasteiger partial charge in [-0.3, -0.25) is 4.79 Å². The smallest absolute Gasteiger partial charge is 0.307 e. The molecule has 19 nitrogen and oxygen atoms in total. The minimum absolute atomic E-state index is 0.241. The first-order chi connectivity index (χ1) is 33.3. The molecule has 0 atom stereocenters. The van der Waals surface area contributed by atoms with Gasteiger partial charge in [-0.15, -0.1) is 0 Å².